The van der Waals surface area contributed by atoms with Gasteiger partial charge in [0.25, 0.3) is 0 Å². The fourth-order valence-corrected chi connectivity index (χ4v) is 0.690. The molecule has 0 spiro atoms. The van der Waals surface area contributed by atoms with Gasteiger partial charge < -0.3 is 5.11 Å². The molecule has 6 nitrogen and oxygen atoms in total. The van der Waals surface area contributed by atoms with Gasteiger partial charge in [-0.25, -0.2) is 10.6 Å². The van der Waals surface area contributed by atoms with Crippen molar-refractivity contribution in [3.8, 4) is 0 Å². The van der Waals surface area contributed by atoms with Crippen LogP contribution in [0.15, 0.2) is 12.3 Å². The molecule has 0 aromatic carbocycles. The standard InChI is InChI=1S/C5H5ClN4O2/c6-3-1-4(9-8-2-3)10(7)5(11)12/h1-2H,7H2,(H,11,12). The Morgan fingerprint density at radius 2 is 2.42 bits per heavy atom. The summed E-state index contributed by atoms with van der Waals surface area (Å²) in [5.74, 6) is 5.06. The van der Waals surface area contributed by atoms with Gasteiger partial charge in [-0.05, 0) is 0 Å². The van der Waals surface area contributed by atoms with Crippen LogP contribution in [0.1, 0.15) is 0 Å². The van der Waals surface area contributed by atoms with Gasteiger partial charge in [0.15, 0.2) is 5.82 Å². The molecule has 0 bridgehead atoms. The second-order valence-corrected chi connectivity index (χ2v) is 2.32. The van der Waals surface area contributed by atoms with Crippen molar-refractivity contribution in [1.29, 1.82) is 0 Å². The Bertz CT molecular complexity index is 305. The zero-order chi connectivity index (χ0) is 9.14. The topological polar surface area (TPSA) is 92.3 Å². The van der Waals surface area contributed by atoms with Gasteiger partial charge in [-0.15, -0.1) is 5.10 Å². The molecular formula is C5H5ClN4O2. The maximum atomic E-state index is 10.3. The number of carboxylic acid groups (broad SMARTS) is 1. The number of hydrazine groups is 1. The average molecular weight is 189 g/mol. The number of halogens is 1. The maximum absolute atomic E-state index is 10.3. The first-order valence-electron chi connectivity index (χ1n) is 2.87. The molecule has 0 fully saturated rings. The monoisotopic (exact) mass is 188 g/mol. The zero-order valence-electron chi connectivity index (χ0n) is 5.81. The molecule has 0 aliphatic heterocycles. The van der Waals surface area contributed by atoms with Crippen LogP contribution in [-0.2, 0) is 0 Å². The van der Waals surface area contributed by atoms with E-state index in [2.05, 4.69) is 10.2 Å². The van der Waals surface area contributed by atoms with E-state index in [0.29, 0.717) is 5.01 Å². The SMILES string of the molecule is NN(C(=O)O)c1cc(Cl)cnn1. The summed E-state index contributed by atoms with van der Waals surface area (Å²) in [6, 6.07) is 1.29. The van der Waals surface area contributed by atoms with Crippen molar-refractivity contribution in [3.05, 3.63) is 17.3 Å². The van der Waals surface area contributed by atoms with Gasteiger partial charge in [0.05, 0.1) is 11.2 Å². The Kier molecular flexibility index (Phi) is 2.41. The summed E-state index contributed by atoms with van der Waals surface area (Å²) in [4.78, 5) is 10.3. The van der Waals surface area contributed by atoms with Crippen LogP contribution < -0.4 is 10.9 Å². The van der Waals surface area contributed by atoms with Gasteiger partial charge in [-0.1, -0.05) is 11.6 Å². The Balaban J connectivity index is 2.95. The summed E-state index contributed by atoms with van der Waals surface area (Å²) in [5, 5.41) is 16.0. The fourth-order valence-electron chi connectivity index (χ4n) is 0.548. The van der Waals surface area contributed by atoms with Crippen LogP contribution in [-0.4, -0.2) is 21.4 Å². The van der Waals surface area contributed by atoms with Gasteiger partial charge in [0.2, 0.25) is 0 Å². The fraction of sp³-hybridized carbons (Fsp3) is 0. The Labute approximate surface area is 72.5 Å². The van der Waals surface area contributed by atoms with Crippen LogP contribution in [0.2, 0.25) is 5.02 Å². The van der Waals surface area contributed by atoms with E-state index in [1.807, 2.05) is 0 Å². The lowest BCUT2D eigenvalue weighted by atomic mass is 10.5. The first-order chi connectivity index (χ1) is 5.61. The third-order valence-electron chi connectivity index (χ3n) is 1.06. The van der Waals surface area contributed by atoms with Gasteiger partial charge >= 0.3 is 6.09 Å². The van der Waals surface area contributed by atoms with Crippen LogP contribution in [0.5, 0.6) is 0 Å². The van der Waals surface area contributed by atoms with Gasteiger partial charge in [0.1, 0.15) is 0 Å². The van der Waals surface area contributed by atoms with E-state index in [9.17, 15) is 4.79 Å². The molecule has 7 heteroatoms. The molecule has 12 heavy (non-hydrogen) atoms. The lowest BCUT2D eigenvalue weighted by Gasteiger charge is -2.09. The minimum absolute atomic E-state index is 0.0185. The van der Waals surface area contributed by atoms with Crippen molar-refractivity contribution in [2.24, 2.45) is 5.84 Å². The first kappa shape index (κ1) is 8.69. The third kappa shape index (κ3) is 1.80. The van der Waals surface area contributed by atoms with E-state index in [1.54, 1.807) is 0 Å². The van der Waals surface area contributed by atoms with Gasteiger partial charge in [-0.2, -0.15) is 10.1 Å². The highest BCUT2D eigenvalue weighted by Gasteiger charge is 2.10. The van der Waals surface area contributed by atoms with Crippen molar-refractivity contribution in [1.82, 2.24) is 10.2 Å². The molecule has 1 rings (SSSR count). The number of hydrogen-bond donors (Lipinski definition) is 2. The lowest BCUT2D eigenvalue weighted by molar-refractivity contribution is 0.201. The quantitative estimate of drug-likeness (QED) is 0.380. The largest absolute Gasteiger partial charge is 0.464 e. The molecule has 0 radical (unpaired) electrons. The summed E-state index contributed by atoms with van der Waals surface area (Å²) in [6.07, 6.45) is -0.0487. The molecule has 0 aliphatic carbocycles. The predicted octanol–water partition coefficient (Wildman–Crippen LogP) is 0.488. The van der Waals surface area contributed by atoms with Gasteiger partial charge in [-0.3, -0.25) is 0 Å². The molecule has 1 heterocycles. The highest BCUT2D eigenvalue weighted by atomic mass is 35.5. The molecule has 0 saturated carbocycles. The molecular weight excluding hydrogens is 184 g/mol. The maximum Gasteiger partial charge on any atom is 0.427 e. The number of rotatable bonds is 1. The second-order valence-electron chi connectivity index (χ2n) is 1.88. The molecule has 1 aromatic heterocycles. The second kappa shape index (κ2) is 3.33. The Morgan fingerprint density at radius 3 is 2.92 bits per heavy atom. The molecule has 0 aliphatic rings. The van der Waals surface area contributed by atoms with Crippen LogP contribution in [0, 0.1) is 0 Å². The summed E-state index contributed by atoms with van der Waals surface area (Å²) in [5.41, 5.74) is 0. The van der Waals surface area contributed by atoms with Crippen molar-refractivity contribution < 1.29 is 9.90 Å². The number of anilines is 1. The van der Waals surface area contributed by atoms with Crippen LogP contribution in [0.3, 0.4) is 0 Å². The van der Waals surface area contributed by atoms with Crippen LogP contribution >= 0.6 is 11.6 Å². The normalized spacial score (nSPS) is 9.50. The molecule has 64 valence electrons. The molecule has 0 atom stereocenters. The number of hydrogen-bond acceptors (Lipinski definition) is 4. The van der Waals surface area contributed by atoms with E-state index in [-0.39, 0.29) is 10.8 Å². The minimum Gasteiger partial charge on any atom is -0.464 e. The van der Waals surface area contributed by atoms with E-state index in [1.165, 1.54) is 12.3 Å². The van der Waals surface area contributed by atoms with Crippen molar-refractivity contribution in [2.75, 3.05) is 5.01 Å². The smallest absolute Gasteiger partial charge is 0.427 e. The van der Waals surface area contributed by atoms with E-state index in [4.69, 9.17) is 22.6 Å². The summed E-state index contributed by atoms with van der Waals surface area (Å²) < 4.78 is 0. The number of carbonyl (C=O) groups is 1. The first-order valence-corrected chi connectivity index (χ1v) is 3.25. The van der Waals surface area contributed by atoms with Crippen LogP contribution in [0.4, 0.5) is 10.6 Å². The van der Waals surface area contributed by atoms with Crippen molar-refractivity contribution >= 4 is 23.5 Å². The molecule has 0 unspecified atom stereocenters. The van der Waals surface area contributed by atoms with E-state index >= 15 is 0 Å². The predicted molar refractivity (Wildman–Crippen MR) is 41.7 cm³/mol. The molecule has 3 N–H and O–H groups in total. The Hall–Kier alpha value is -1.40. The highest BCUT2D eigenvalue weighted by Crippen LogP contribution is 2.11. The summed E-state index contributed by atoms with van der Waals surface area (Å²) in [6.45, 7) is 0. The zero-order valence-corrected chi connectivity index (χ0v) is 6.56. The number of nitrogens with two attached hydrogens (primary N) is 1. The number of nitrogens with zero attached hydrogens (tertiary/aromatic N) is 3. The average Bonchev–Trinajstić information content (AvgIpc) is 2.03. The molecule has 1 amide bonds. The summed E-state index contributed by atoms with van der Waals surface area (Å²) in [7, 11) is 0. The Morgan fingerprint density at radius 1 is 1.75 bits per heavy atom. The minimum atomic E-state index is -1.33. The third-order valence-corrected chi connectivity index (χ3v) is 1.27. The van der Waals surface area contributed by atoms with Crippen molar-refractivity contribution in [3.63, 3.8) is 0 Å². The lowest BCUT2D eigenvalue weighted by Crippen LogP contribution is -2.36. The van der Waals surface area contributed by atoms with E-state index < -0.39 is 6.09 Å². The highest BCUT2D eigenvalue weighted by molar-refractivity contribution is 6.30. The number of aromatic nitrogens is 2. The molecule has 1 aromatic rings. The van der Waals surface area contributed by atoms with E-state index in [0.717, 1.165) is 0 Å². The van der Waals surface area contributed by atoms with Crippen molar-refractivity contribution in [2.45, 2.75) is 0 Å². The van der Waals surface area contributed by atoms with Crippen LogP contribution in [0.25, 0.3) is 0 Å². The molecule has 0 saturated heterocycles. The number of amides is 1. The van der Waals surface area contributed by atoms with Gasteiger partial charge in [0, 0.05) is 6.07 Å². The summed E-state index contributed by atoms with van der Waals surface area (Å²) >= 11 is 5.52.